The van der Waals surface area contributed by atoms with Gasteiger partial charge in [0.1, 0.15) is 11.4 Å². The van der Waals surface area contributed by atoms with Crippen LogP contribution in [0.15, 0.2) is 67.1 Å². The van der Waals surface area contributed by atoms with Crippen LogP contribution in [0.2, 0.25) is 0 Å². The molecule has 6 nitrogen and oxygen atoms in total. The fourth-order valence-corrected chi connectivity index (χ4v) is 5.12. The van der Waals surface area contributed by atoms with Gasteiger partial charge in [0.15, 0.2) is 5.65 Å². The van der Waals surface area contributed by atoms with Crippen LogP contribution in [0.3, 0.4) is 0 Å². The predicted molar refractivity (Wildman–Crippen MR) is 137 cm³/mol. The first-order chi connectivity index (χ1) is 17.1. The summed E-state index contributed by atoms with van der Waals surface area (Å²) in [5.41, 5.74) is 5.72. The highest BCUT2D eigenvalue weighted by atomic mass is 16.5. The summed E-state index contributed by atoms with van der Waals surface area (Å²) in [7, 11) is 0. The molecule has 4 aromatic rings. The van der Waals surface area contributed by atoms with Crippen LogP contribution < -0.4 is 4.74 Å². The summed E-state index contributed by atoms with van der Waals surface area (Å²) in [6.07, 6.45) is 11.5. The summed E-state index contributed by atoms with van der Waals surface area (Å²) in [6.45, 7) is 5.24. The Labute approximate surface area is 206 Å². The molecular formula is C29H32N4O2. The summed E-state index contributed by atoms with van der Waals surface area (Å²) in [5, 5.41) is 14.5. The third-order valence-corrected chi connectivity index (χ3v) is 7.33. The molecule has 0 spiro atoms. The number of aromatic nitrogens is 3. The number of aliphatic hydroxyl groups is 1. The highest BCUT2D eigenvalue weighted by molar-refractivity contribution is 5.78. The number of benzene rings is 2. The second-order valence-corrected chi connectivity index (χ2v) is 10.1. The monoisotopic (exact) mass is 468 g/mol. The molecule has 1 saturated heterocycles. The van der Waals surface area contributed by atoms with E-state index in [1.807, 2.05) is 47.4 Å². The average molecular weight is 469 g/mol. The summed E-state index contributed by atoms with van der Waals surface area (Å²) in [6, 6.07) is 16.3. The maximum Gasteiger partial charge on any atom is 0.162 e. The minimum Gasteiger partial charge on any atom is -0.486 e. The molecule has 6 heteroatoms. The van der Waals surface area contributed by atoms with Crippen molar-refractivity contribution in [3.63, 3.8) is 0 Å². The number of likely N-dealkylation sites (tertiary alicyclic amines) is 1. The fraction of sp³-hybridized carbons (Fsp3) is 0.379. The molecule has 2 fully saturated rings. The first kappa shape index (κ1) is 22.3. The van der Waals surface area contributed by atoms with Crippen molar-refractivity contribution in [2.45, 2.75) is 50.7 Å². The number of ether oxygens (including phenoxy) is 1. The van der Waals surface area contributed by atoms with Gasteiger partial charge in [-0.25, -0.2) is 9.50 Å². The van der Waals surface area contributed by atoms with Crippen molar-refractivity contribution >= 4 is 5.65 Å². The van der Waals surface area contributed by atoms with Crippen LogP contribution >= 0.6 is 0 Å². The molecule has 35 heavy (non-hydrogen) atoms. The van der Waals surface area contributed by atoms with E-state index in [1.54, 1.807) is 6.92 Å². The van der Waals surface area contributed by atoms with Crippen molar-refractivity contribution in [1.29, 1.82) is 0 Å². The smallest absolute Gasteiger partial charge is 0.162 e. The number of piperidine rings is 1. The third-order valence-electron chi connectivity index (χ3n) is 7.33. The van der Waals surface area contributed by atoms with E-state index in [9.17, 15) is 5.11 Å². The molecule has 1 aliphatic carbocycles. The molecular weight excluding hydrogens is 436 g/mol. The lowest BCUT2D eigenvalue weighted by Gasteiger charge is -2.30. The van der Waals surface area contributed by atoms with Crippen LogP contribution in [0.25, 0.3) is 27.9 Å². The number of aliphatic hydroxyl groups excluding tert-OH is 1. The molecule has 1 N–H and O–H groups in total. The Hall–Kier alpha value is -3.22. The Morgan fingerprint density at radius 3 is 2.51 bits per heavy atom. The van der Waals surface area contributed by atoms with E-state index in [4.69, 9.17) is 9.72 Å². The Morgan fingerprint density at radius 1 is 0.971 bits per heavy atom. The topological polar surface area (TPSA) is 62.9 Å². The highest BCUT2D eigenvalue weighted by Crippen LogP contribution is 2.41. The SMILES string of the molecule is C[C@H](O)c1cccc(-c2cnn3cc(-c4ccc(OC5(CN6CCCCC6)CC5)cc4)cnc23)c1. The van der Waals surface area contributed by atoms with Crippen LogP contribution in [0.1, 0.15) is 50.7 Å². The highest BCUT2D eigenvalue weighted by Gasteiger charge is 2.46. The van der Waals surface area contributed by atoms with Crippen molar-refractivity contribution in [3.8, 4) is 28.0 Å². The van der Waals surface area contributed by atoms with Gasteiger partial charge in [0.25, 0.3) is 0 Å². The van der Waals surface area contributed by atoms with E-state index in [2.05, 4.69) is 34.3 Å². The molecule has 2 aromatic heterocycles. The van der Waals surface area contributed by atoms with Crippen LogP contribution in [-0.2, 0) is 0 Å². The van der Waals surface area contributed by atoms with Gasteiger partial charge >= 0.3 is 0 Å². The van der Waals surface area contributed by atoms with Gasteiger partial charge in [0, 0.05) is 30.1 Å². The van der Waals surface area contributed by atoms with Gasteiger partial charge in [-0.05, 0) is 80.6 Å². The second kappa shape index (κ2) is 9.10. The van der Waals surface area contributed by atoms with E-state index in [0.29, 0.717) is 0 Å². The summed E-state index contributed by atoms with van der Waals surface area (Å²) in [5.74, 6) is 0.941. The Bertz CT molecular complexity index is 1320. The van der Waals surface area contributed by atoms with E-state index >= 15 is 0 Å². The van der Waals surface area contributed by atoms with Gasteiger partial charge in [-0.2, -0.15) is 5.10 Å². The summed E-state index contributed by atoms with van der Waals surface area (Å²) in [4.78, 5) is 7.30. The van der Waals surface area contributed by atoms with Crippen LogP contribution in [0.4, 0.5) is 0 Å². The second-order valence-electron chi connectivity index (χ2n) is 10.1. The van der Waals surface area contributed by atoms with Gasteiger partial charge in [-0.3, -0.25) is 4.90 Å². The standard InChI is InChI=1S/C29H32N4O2/c1-21(34)23-6-5-7-24(16-23)27-18-31-33-19-25(17-30-28(27)33)22-8-10-26(11-9-22)35-29(12-13-29)20-32-14-3-2-4-15-32/h5-11,16-19,21,34H,2-4,12-15,20H2,1H3/t21-/m0/s1. The van der Waals surface area contributed by atoms with Gasteiger partial charge < -0.3 is 9.84 Å². The van der Waals surface area contributed by atoms with Gasteiger partial charge in [0.2, 0.25) is 0 Å². The zero-order valence-corrected chi connectivity index (χ0v) is 20.2. The molecule has 180 valence electrons. The molecule has 2 aliphatic rings. The summed E-state index contributed by atoms with van der Waals surface area (Å²) < 4.78 is 8.28. The summed E-state index contributed by atoms with van der Waals surface area (Å²) >= 11 is 0. The van der Waals surface area contributed by atoms with Gasteiger partial charge in [-0.15, -0.1) is 0 Å². The zero-order valence-electron chi connectivity index (χ0n) is 20.2. The zero-order chi connectivity index (χ0) is 23.8. The largest absolute Gasteiger partial charge is 0.486 e. The number of fused-ring (bicyclic) bond motifs is 1. The maximum absolute atomic E-state index is 9.93. The van der Waals surface area contributed by atoms with Crippen molar-refractivity contribution in [2.75, 3.05) is 19.6 Å². The molecule has 6 rings (SSSR count). The first-order valence-electron chi connectivity index (χ1n) is 12.7. The molecule has 2 aromatic carbocycles. The Kier molecular flexibility index (Phi) is 5.78. The van der Waals surface area contributed by atoms with E-state index < -0.39 is 6.10 Å². The quantitative estimate of drug-likeness (QED) is 0.387. The lowest BCUT2D eigenvalue weighted by molar-refractivity contribution is 0.101. The fourth-order valence-electron chi connectivity index (χ4n) is 5.12. The lowest BCUT2D eigenvalue weighted by atomic mass is 10.0. The molecule has 1 saturated carbocycles. The number of nitrogens with zero attached hydrogens (tertiary/aromatic N) is 4. The number of hydrogen-bond donors (Lipinski definition) is 1. The molecule has 0 radical (unpaired) electrons. The van der Waals surface area contributed by atoms with Crippen molar-refractivity contribution in [2.24, 2.45) is 0 Å². The van der Waals surface area contributed by atoms with Crippen LogP contribution in [-0.4, -0.2) is 49.8 Å². The normalized spacial score (nSPS) is 18.5. The van der Waals surface area contributed by atoms with Crippen molar-refractivity contribution in [1.82, 2.24) is 19.5 Å². The van der Waals surface area contributed by atoms with Gasteiger partial charge in [-0.1, -0.05) is 36.8 Å². The van der Waals surface area contributed by atoms with E-state index in [1.165, 1.54) is 32.4 Å². The third kappa shape index (κ3) is 4.68. The molecule has 0 bridgehead atoms. The molecule has 0 unspecified atom stereocenters. The average Bonchev–Trinajstić information content (AvgIpc) is 3.50. The molecule has 1 aliphatic heterocycles. The molecule has 3 heterocycles. The minimum atomic E-state index is -0.511. The molecule has 0 amide bonds. The lowest BCUT2D eigenvalue weighted by Crippen LogP contribution is -2.40. The predicted octanol–water partition coefficient (Wildman–Crippen LogP) is 5.51. The Morgan fingerprint density at radius 2 is 1.77 bits per heavy atom. The van der Waals surface area contributed by atoms with E-state index in [0.717, 1.165) is 58.6 Å². The van der Waals surface area contributed by atoms with Crippen molar-refractivity contribution < 1.29 is 9.84 Å². The maximum atomic E-state index is 9.93. The minimum absolute atomic E-state index is 0.00983. The first-order valence-corrected chi connectivity index (χ1v) is 12.7. The Balaban J connectivity index is 1.19. The van der Waals surface area contributed by atoms with E-state index in [-0.39, 0.29) is 5.60 Å². The number of hydrogen-bond acceptors (Lipinski definition) is 5. The van der Waals surface area contributed by atoms with Crippen LogP contribution in [0.5, 0.6) is 5.75 Å². The van der Waals surface area contributed by atoms with Gasteiger partial charge in [0.05, 0.1) is 12.3 Å². The van der Waals surface area contributed by atoms with Crippen molar-refractivity contribution in [3.05, 3.63) is 72.7 Å². The number of rotatable bonds is 7. The van der Waals surface area contributed by atoms with Crippen LogP contribution in [0, 0.1) is 0 Å². The molecule has 1 atom stereocenters.